The Hall–Kier alpha value is -2.28. The number of hydrogen-bond acceptors (Lipinski definition) is 1. The first-order valence-corrected chi connectivity index (χ1v) is 6.67. The largest absolute Gasteiger partial charge is 0.456 e. The summed E-state index contributed by atoms with van der Waals surface area (Å²) in [4.78, 5) is 0. The predicted molar refractivity (Wildman–Crippen MR) is 79.4 cm³/mol. The smallest absolute Gasteiger partial charge is 0.139 e. The van der Waals surface area contributed by atoms with E-state index >= 15 is 0 Å². The second kappa shape index (κ2) is 4.13. The SMILES string of the molecule is C1=CCC(c2cccc3c2oc2ccccc23)C=C1. The summed E-state index contributed by atoms with van der Waals surface area (Å²) in [5.41, 5.74) is 3.29. The molecule has 1 heterocycles. The van der Waals surface area contributed by atoms with Gasteiger partial charge in [-0.15, -0.1) is 0 Å². The van der Waals surface area contributed by atoms with Crippen LogP contribution in [0.2, 0.25) is 0 Å². The fourth-order valence-corrected chi connectivity index (χ4v) is 2.87. The molecule has 1 aliphatic rings. The normalized spacial score (nSPS) is 18.4. The zero-order valence-electron chi connectivity index (χ0n) is 10.5. The summed E-state index contributed by atoms with van der Waals surface area (Å²) < 4.78 is 6.08. The molecule has 1 aliphatic carbocycles. The van der Waals surface area contributed by atoms with Crippen LogP contribution in [0.15, 0.2) is 71.2 Å². The van der Waals surface area contributed by atoms with Crippen LogP contribution in [-0.4, -0.2) is 0 Å². The Balaban J connectivity index is 2.01. The maximum atomic E-state index is 6.08. The molecule has 4 rings (SSSR count). The number of hydrogen-bond donors (Lipinski definition) is 0. The van der Waals surface area contributed by atoms with E-state index in [1.165, 1.54) is 16.3 Å². The van der Waals surface area contributed by atoms with Gasteiger partial charge in [0.05, 0.1) is 0 Å². The van der Waals surface area contributed by atoms with Crippen molar-refractivity contribution in [1.29, 1.82) is 0 Å². The zero-order valence-corrected chi connectivity index (χ0v) is 10.5. The van der Waals surface area contributed by atoms with Crippen molar-refractivity contribution in [3.8, 4) is 0 Å². The topological polar surface area (TPSA) is 13.1 Å². The van der Waals surface area contributed by atoms with Crippen molar-refractivity contribution in [3.05, 3.63) is 72.3 Å². The van der Waals surface area contributed by atoms with E-state index in [-0.39, 0.29) is 0 Å². The van der Waals surface area contributed by atoms with Crippen molar-refractivity contribution >= 4 is 21.9 Å². The average molecular weight is 246 g/mol. The van der Waals surface area contributed by atoms with Crippen LogP contribution in [-0.2, 0) is 0 Å². The molecule has 0 spiro atoms. The van der Waals surface area contributed by atoms with Crippen LogP contribution in [0.25, 0.3) is 21.9 Å². The lowest BCUT2D eigenvalue weighted by atomic mass is 9.91. The fourth-order valence-electron chi connectivity index (χ4n) is 2.87. The molecule has 0 radical (unpaired) electrons. The molecule has 1 atom stereocenters. The summed E-state index contributed by atoms with van der Waals surface area (Å²) in [6, 6.07) is 14.7. The van der Waals surface area contributed by atoms with Gasteiger partial charge < -0.3 is 4.42 Å². The van der Waals surface area contributed by atoms with E-state index in [9.17, 15) is 0 Å². The molecule has 0 saturated heterocycles. The van der Waals surface area contributed by atoms with Crippen molar-refractivity contribution in [1.82, 2.24) is 0 Å². The Morgan fingerprint density at radius 1 is 0.895 bits per heavy atom. The predicted octanol–water partition coefficient (Wildman–Crippen LogP) is 5.19. The lowest BCUT2D eigenvalue weighted by Gasteiger charge is -2.13. The van der Waals surface area contributed by atoms with Crippen molar-refractivity contribution < 1.29 is 4.42 Å². The molecule has 1 unspecified atom stereocenters. The number of benzene rings is 2. The summed E-state index contributed by atoms with van der Waals surface area (Å²) >= 11 is 0. The molecule has 2 aromatic carbocycles. The van der Waals surface area contributed by atoms with Crippen molar-refractivity contribution in [2.45, 2.75) is 12.3 Å². The molecule has 0 aliphatic heterocycles. The van der Waals surface area contributed by atoms with Crippen molar-refractivity contribution in [2.75, 3.05) is 0 Å². The summed E-state index contributed by atoms with van der Waals surface area (Å²) in [7, 11) is 0. The van der Waals surface area contributed by atoms with Gasteiger partial charge in [0.2, 0.25) is 0 Å². The highest BCUT2D eigenvalue weighted by molar-refractivity contribution is 6.05. The van der Waals surface area contributed by atoms with Crippen LogP contribution in [0, 0.1) is 0 Å². The molecule has 1 nitrogen and oxygen atoms in total. The molecule has 0 bridgehead atoms. The van der Waals surface area contributed by atoms with E-state index in [1.54, 1.807) is 0 Å². The average Bonchev–Trinajstić information content (AvgIpc) is 2.87. The third-order valence-corrected chi connectivity index (χ3v) is 3.81. The van der Waals surface area contributed by atoms with Gasteiger partial charge in [0.25, 0.3) is 0 Å². The fraction of sp³-hybridized carbons (Fsp3) is 0.111. The molecule has 0 N–H and O–H groups in total. The van der Waals surface area contributed by atoms with E-state index in [1.807, 2.05) is 12.1 Å². The summed E-state index contributed by atoms with van der Waals surface area (Å²) in [5.74, 6) is 0.425. The van der Waals surface area contributed by atoms with Gasteiger partial charge in [0.15, 0.2) is 0 Å². The maximum absolute atomic E-state index is 6.08. The van der Waals surface area contributed by atoms with Crippen LogP contribution in [0.3, 0.4) is 0 Å². The first-order valence-electron chi connectivity index (χ1n) is 6.67. The maximum Gasteiger partial charge on any atom is 0.139 e. The van der Waals surface area contributed by atoms with E-state index in [4.69, 9.17) is 4.42 Å². The molecule has 92 valence electrons. The monoisotopic (exact) mass is 246 g/mol. The lowest BCUT2D eigenvalue weighted by Crippen LogP contribution is -1.96. The van der Waals surface area contributed by atoms with Gasteiger partial charge in [-0.3, -0.25) is 0 Å². The van der Waals surface area contributed by atoms with Gasteiger partial charge in [0.1, 0.15) is 11.2 Å². The second-order valence-corrected chi connectivity index (χ2v) is 4.98. The minimum atomic E-state index is 0.425. The van der Waals surface area contributed by atoms with E-state index in [0.717, 1.165) is 17.6 Å². The Morgan fingerprint density at radius 2 is 1.79 bits per heavy atom. The Kier molecular flexibility index (Phi) is 2.31. The third kappa shape index (κ3) is 1.62. The summed E-state index contributed by atoms with van der Waals surface area (Å²) in [6.07, 6.45) is 9.74. The molecule has 19 heavy (non-hydrogen) atoms. The molecular weight excluding hydrogens is 232 g/mol. The first kappa shape index (κ1) is 10.6. The molecule has 1 aromatic heterocycles. The molecular formula is C18H14O. The second-order valence-electron chi connectivity index (χ2n) is 4.98. The minimum Gasteiger partial charge on any atom is -0.456 e. The van der Waals surface area contributed by atoms with E-state index < -0.39 is 0 Å². The molecule has 0 saturated carbocycles. The summed E-state index contributed by atoms with van der Waals surface area (Å²) in [5, 5.41) is 2.42. The number of rotatable bonds is 1. The van der Waals surface area contributed by atoms with E-state index in [2.05, 4.69) is 54.6 Å². The van der Waals surface area contributed by atoms with Gasteiger partial charge in [-0.2, -0.15) is 0 Å². The highest BCUT2D eigenvalue weighted by atomic mass is 16.3. The van der Waals surface area contributed by atoms with Crippen LogP contribution in [0.4, 0.5) is 0 Å². The van der Waals surface area contributed by atoms with Gasteiger partial charge in [0, 0.05) is 22.3 Å². The van der Waals surface area contributed by atoms with E-state index in [0.29, 0.717) is 5.92 Å². The molecule has 0 amide bonds. The highest BCUT2D eigenvalue weighted by Gasteiger charge is 2.16. The van der Waals surface area contributed by atoms with Crippen LogP contribution in [0.1, 0.15) is 17.9 Å². The van der Waals surface area contributed by atoms with Crippen LogP contribution in [0.5, 0.6) is 0 Å². The van der Waals surface area contributed by atoms with Gasteiger partial charge in [-0.25, -0.2) is 0 Å². The van der Waals surface area contributed by atoms with Gasteiger partial charge in [-0.1, -0.05) is 60.7 Å². The molecule has 0 fully saturated rings. The van der Waals surface area contributed by atoms with Crippen LogP contribution < -0.4 is 0 Å². The number of furan rings is 1. The van der Waals surface area contributed by atoms with Gasteiger partial charge in [-0.05, 0) is 12.5 Å². The van der Waals surface area contributed by atoms with Crippen LogP contribution >= 0.6 is 0 Å². The number of para-hydroxylation sites is 2. The first-order chi connectivity index (χ1) is 9.43. The lowest BCUT2D eigenvalue weighted by molar-refractivity contribution is 0.657. The Morgan fingerprint density at radius 3 is 2.68 bits per heavy atom. The zero-order chi connectivity index (χ0) is 12.7. The molecule has 3 aromatic rings. The van der Waals surface area contributed by atoms with Gasteiger partial charge >= 0.3 is 0 Å². The number of allylic oxidation sites excluding steroid dienone is 4. The Bertz CT molecular complexity index is 805. The molecule has 1 heteroatoms. The Labute approximate surface area is 111 Å². The number of fused-ring (bicyclic) bond motifs is 3. The summed E-state index contributed by atoms with van der Waals surface area (Å²) in [6.45, 7) is 0. The van der Waals surface area contributed by atoms with Crippen molar-refractivity contribution in [3.63, 3.8) is 0 Å². The standard InChI is InChI=1S/C18H14O/c1-2-7-13(8-3-1)14-10-6-11-16-15-9-4-5-12-17(15)19-18(14)16/h1-7,9-13H,8H2. The minimum absolute atomic E-state index is 0.425. The highest BCUT2D eigenvalue weighted by Crippen LogP contribution is 2.36. The third-order valence-electron chi connectivity index (χ3n) is 3.81. The quantitative estimate of drug-likeness (QED) is 0.576. The van der Waals surface area contributed by atoms with Crippen molar-refractivity contribution in [2.24, 2.45) is 0 Å².